The minimum absolute atomic E-state index is 0.0376. The number of nitrogens with one attached hydrogen (secondary N) is 1. The summed E-state index contributed by atoms with van der Waals surface area (Å²) in [6, 6.07) is 1.94. The molecule has 86 valence electrons. The molecule has 2 heterocycles. The van der Waals surface area contributed by atoms with E-state index in [1.807, 2.05) is 17.0 Å². The maximum atomic E-state index is 5.50. The molecule has 0 radical (unpaired) electrons. The van der Waals surface area contributed by atoms with Crippen molar-refractivity contribution in [1.82, 2.24) is 10.3 Å². The van der Waals surface area contributed by atoms with Gasteiger partial charge in [-0.05, 0) is 35.0 Å². The Morgan fingerprint density at radius 1 is 1.62 bits per heavy atom. The molecule has 0 aliphatic heterocycles. The number of aromatic nitrogens is 1. The number of hydrogen-bond donors (Lipinski definition) is 1. The summed E-state index contributed by atoms with van der Waals surface area (Å²) in [7, 11) is 0. The Labute approximate surface area is 107 Å². The zero-order valence-electron chi connectivity index (χ0n) is 8.94. The van der Waals surface area contributed by atoms with Crippen molar-refractivity contribution < 1.29 is 4.42 Å². The van der Waals surface area contributed by atoms with E-state index in [0.717, 1.165) is 28.9 Å². The number of rotatable bonds is 5. The zero-order valence-corrected chi connectivity index (χ0v) is 11.3. The highest BCUT2D eigenvalue weighted by molar-refractivity contribution is 9.10. The smallest absolute Gasteiger partial charge is 0.140 e. The molecule has 0 saturated carbocycles. The van der Waals surface area contributed by atoms with Crippen molar-refractivity contribution in [2.24, 2.45) is 0 Å². The molecule has 0 aromatic carbocycles. The fourth-order valence-corrected chi connectivity index (χ4v) is 2.51. The number of thiazole rings is 1. The van der Waals surface area contributed by atoms with Crippen molar-refractivity contribution in [3.05, 3.63) is 39.1 Å². The Morgan fingerprint density at radius 2 is 2.50 bits per heavy atom. The third kappa shape index (κ3) is 2.53. The zero-order chi connectivity index (χ0) is 11.4. The molecule has 5 heteroatoms. The van der Waals surface area contributed by atoms with Crippen molar-refractivity contribution in [3.8, 4) is 0 Å². The minimum atomic E-state index is 0.0376. The Kier molecular flexibility index (Phi) is 4.15. The predicted octanol–water partition coefficient (Wildman–Crippen LogP) is 3.59. The summed E-state index contributed by atoms with van der Waals surface area (Å²) in [5.74, 6) is 0.888. The highest BCUT2D eigenvalue weighted by Gasteiger charge is 2.20. The van der Waals surface area contributed by atoms with Gasteiger partial charge in [0.15, 0.2) is 0 Å². The molecule has 16 heavy (non-hydrogen) atoms. The van der Waals surface area contributed by atoms with Gasteiger partial charge in [0, 0.05) is 5.38 Å². The Morgan fingerprint density at radius 3 is 3.06 bits per heavy atom. The topological polar surface area (TPSA) is 38.1 Å². The van der Waals surface area contributed by atoms with E-state index in [4.69, 9.17) is 4.42 Å². The van der Waals surface area contributed by atoms with Crippen molar-refractivity contribution in [3.63, 3.8) is 0 Å². The van der Waals surface area contributed by atoms with Gasteiger partial charge in [0.2, 0.25) is 0 Å². The van der Waals surface area contributed by atoms with Gasteiger partial charge >= 0.3 is 0 Å². The molecule has 1 atom stereocenters. The normalized spacial score (nSPS) is 12.9. The molecule has 0 fully saturated rings. The second-order valence-electron chi connectivity index (χ2n) is 3.43. The minimum Gasteiger partial charge on any atom is -0.466 e. The van der Waals surface area contributed by atoms with Crippen molar-refractivity contribution in [2.45, 2.75) is 19.4 Å². The van der Waals surface area contributed by atoms with Gasteiger partial charge in [0.25, 0.3) is 0 Å². The van der Waals surface area contributed by atoms with E-state index in [2.05, 4.69) is 33.2 Å². The number of nitrogens with zero attached hydrogens (tertiary/aromatic N) is 1. The molecule has 1 unspecified atom stereocenters. The summed E-state index contributed by atoms with van der Waals surface area (Å²) >= 11 is 5.08. The van der Waals surface area contributed by atoms with Gasteiger partial charge in [-0.15, -0.1) is 11.3 Å². The first-order chi connectivity index (χ1) is 7.83. The van der Waals surface area contributed by atoms with Crippen molar-refractivity contribution in [2.75, 3.05) is 6.54 Å². The lowest BCUT2D eigenvalue weighted by Gasteiger charge is -2.14. The summed E-state index contributed by atoms with van der Waals surface area (Å²) in [5, 5.41) is 5.48. The van der Waals surface area contributed by atoms with Crippen LogP contribution in [0.1, 0.15) is 30.8 Å². The Hall–Kier alpha value is -0.650. The Balaban J connectivity index is 2.25. The van der Waals surface area contributed by atoms with Crippen LogP contribution in [0, 0.1) is 0 Å². The average molecular weight is 301 g/mol. The van der Waals surface area contributed by atoms with Gasteiger partial charge in [0.1, 0.15) is 11.8 Å². The summed E-state index contributed by atoms with van der Waals surface area (Å²) in [4.78, 5) is 4.34. The first-order valence-corrected chi connectivity index (χ1v) is 6.91. The molecule has 2 rings (SSSR count). The van der Waals surface area contributed by atoms with Crippen LogP contribution in [0.2, 0.25) is 0 Å². The molecule has 0 aliphatic carbocycles. The van der Waals surface area contributed by atoms with Crippen LogP contribution in [0.3, 0.4) is 0 Å². The van der Waals surface area contributed by atoms with Gasteiger partial charge in [-0.25, -0.2) is 4.98 Å². The highest BCUT2D eigenvalue weighted by Crippen LogP contribution is 2.29. The summed E-state index contributed by atoms with van der Waals surface area (Å²) in [6.45, 7) is 3.08. The fraction of sp³-hybridized carbons (Fsp3) is 0.364. The second kappa shape index (κ2) is 5.61. The molecule has 1 N–H and O–H groups in total. The van der Waals surface area contributed by atoms with Crippen LogP contribution in [-0.4, -0.2) is 11.5 Å². The van der Waals surface area contributed by atoms with E-state index in [1.54, 1.807) is 17.6 Å². The van der Waals surface area contributed by atoms with Crippen molar-refractivity contribution in [1.29, 1.82) is 0 Å². The van der Waals surface area contributed by atoms with E-state index >= 15 is 0 Å². The van der Waals surface area contributed by atoms with Crippen LogP contribution in [0.25, 0.3) is 0 Å². The van der Waals surface area contributed by atoms with Crippen LogP contribution in [0.5, 0.6) is 0 Å². The van der Waals surface area contributed by atoms with Crippen LogP contribution >= 0.6 is 27.3 Å². The average Bonchev–Trinajstić information content (AvgIpc) is 2.91. The summed E-state index contributed by atoms with van der Waals surface area (Å²) in [5.41, 5.74) is 2.85. The molecule has 0 amide bonds. The Bertz CT molecular complexity index is 427. The van der Waals surface area contributed by atoms with Crippen molar-refractivity contribution >= 4 is 27.3 Å². The van der Waals surface area contributed by atoms with Gasteiger partial charge in [0.05, 0.1) is 21.9 Å². The van der Waals surface area contributed by atoms with E-state index in [9.17, 15) is 0 Å². The van der Waals surface area contributed by atoms with Crippen LogP contribution < -0.4 is 5.32 Å². The predicted molar refractivity (Wildman–Crippen MR) is 68.7 cm³/mol. The van der Waals surface area contributed by atoms with E-state index < -0.39 is 0 Å². The summed E-state index contributed by atoms with van der Waals surface area (Å²) < 4.78 is 6.48. The van der Waals surface area contributed by atoms with Gasteiger partial charge < -0.3 is 9.73 Å². The SMILES string of the molecule is CCCNC(c1cscn1)c1occc1Br. The largest absolute Gasteiger partial charge is 0.466 e. The maximum Gasteiger partial charge on any atom is 0.140 e. The van der Waals surface area contributed by atoms with E-state index in [0.29, 0.717) is 0 Å². The molecule has 0 saturated heterocycles. The van der Waals surface area contributed by atoms with E-state index in [-0.39, 0.29) is 6.04 Å². The lowest BCUT2D eigenvalue weighted by Crippen LogP contribution is -2.23. The molecular weight excluding hydrogens is 288 g/mol. The lowest BCUT2D eigenvalue weighted by atomic mass is 10.1. The van der Waals surface area contributed by atoms with Crippen LogP contribution in [0.4, 0.5) is 0 Å². The first kappa shape index (κ1) is 11.8. The lowest BCUT2D eigenvalue weighted by molar-refractivity contribution is 0.440. The van der Waals surface area contributed by atoms with Crippen LogP contribution in [-0.2, 0) is 0 Å². The monoisotopic (exact) mass is 300 g/mol. The third-order valence-electron chi connectivity index (χ3n) is 2.25. The second-order valence-corrected chi connectivity index (χ2v) is 5.01. The molecule has 0 bridgehead atoms. The maximum absolute atomic E-state index is 5.50. The van der Waals surface area contributed by atoms with E-state index in [1.165, 1.54) is 0 Å². The van der Waals surface area contributed by atoms with Crippen LogP contribution in [0.15, 0.2) is 32.1 Å². The molecule has 3 nitrogen and oxygen atoms in total. The molecule has 0 aliphatic rings. The fourth-order valence-electron chi connectivity index (χ4n) is 1.50. The standard InChI is InChI=1S/C11H13BrN2OS/c1-2-4-13-10(9-6-16-7-14-9)11-8(12)3-5-15-11/h3,5-7,10,13H,2,4H2,1H3. The number of furan rings is 1. The quantitative estimate of drug-likeness (QED) is 0.917. The van der Waals surface area contributed by atoms with Gasteiger partial charge in [-0.3, -0.25) is 0 Å². The van der Waals surface area contributed by atoms with Gasteiger partial charge in [-0.2, -0.15) is 0 Å². The third-order valence-corrected chi connectivity index (χ3v) is 3.51. The summed E-state index contributed by atoms with van der Waals surface area (Å²) in [6.07, 6.45) is 2.77. The first-order valence-electron chi connectivity index (χ1n) is 5.17. The highest BCUT2D eigenvalue weighted by atomic mass is 79.9. The molecule has 0 spiro atoms. The number of halogens is 1. The molecule has 2 aromatic heterocycles. The molecule has 2 aromatic rings. The number of hydrogen-bond acceptors (Lipinski definition) is 4. The molecular formula is C11H13BrN2OS. The van der Waals surface area contributed by atoms with Gasteiger partial charge in [-0.1, -0.05) is 6.92 Å².